The van der Waals surface area contributed by atoms with Crippen LogP contribution in [0.25, 0.3) is 0 Å². The van der Waals surface area contributed by atoms with Gasteiger partial charge in [0.05, 0.1) is 5.70 Å². The molecule has 1 aliphatic heterocycles. The van der Waals surface area contributed by atoms with Gasteiger partial charge in [0.2, 0.25) is 0 Å². The molecule has 2 rings (SSSR count). The minimum atomic E-state index is -1.02. The minimum Gasteiger partial charge on any atom is -0.476 e. The highest BCUT2D eigenvalue weighted by atomic mass is 79.9. The molecular formula is C9H7BrN2O2. The van der Waals surface area contributed by atoms with Crippen molar-refractivity contribution in [3.8, 4) is 0 Å². The van der Waals surface area contributed by atoms with E-state index in [0.717, 1.165) is 10.1 Å². The van der Waals surface area contributed by atoms with Crippen LogP contribution in [-0.2, 0) is 4.79 Å². The summed E-state index contributed by atoms with van der Waals surface area (Å²) >= 11 is 3.39. The van der Waals surface area contributed by atoms with Gasteiger partial charge in [-0.05, 0) is 18.6 Å². The third kappa shape index (κ3) is 1.33. The van der Waals surface area contributed by atoms with Crippen LogP contribution >= 0.6 is 15.9 Å². The topological polar surface area (TPSA) is 62.0 Å². The van der Waals surface area contributed by atoms with Gasteiger partial charge in [0.15, 0.2) is 5.70 Å². The molecule has 2 aliphatic rings. The third-order valence-electron chi connectivity index (χ3n) is 2.17. The van der Waals surface area contributed by atoms with E-state index in [2.05, 4.69) is 26.2 Å². The summed E-state index contributed by atoms with van der Waals surface area (Å²) in [6.07, 6.45) is 2.40. The van der Waals surface area contributed by atoms with E-state index in [1.807, 2.05) is 13.0 Å². The van der Waals surface area contributed by atoms with E-state index in [9.17, 15) is 4.79 Å². The number of allylic oxidation sites excluding steroid dienone is 4. The Kier molecular flexibility index (Phi) is 2.11. The van der Waals surface area contributed by atoms with Crippen molar-refractivity contribution in [2.45, 2.75) is 13.3 Å². The minimum absolute atomic E-state index is 0.0562. The first-order valence-electron chi connectivity index (χ1n) is 4.05. The molecule has 4 nitrogen and oxygen atoms in total. The maximum absolute atomic E-state index is 10.8. The first-order valence-corrected chi connectivity index (χ1v) is 4.84. The number of halogens is 1. The molecule has 1 N–H and O–H groups in total. The van der Waals surface area contributed by atoms with Crippen LogP contribution in [0.5, 0.6) is 0 Å². The molecule has 0 amide bonds. The average Bonchev–Trinajstić information content (AvgIpc) is 2.48. The quantitative estimate of drug-likeness (QED) is 0.782. The molecule has 0 radical (unpaired) electrons. The maximum atomic E-state index is 10.8. The molecule has 1 aliphatic carbocycles. The van der Waals surface area contributed by atoms with E-state index in [4.69, 9.17) is 5.11 Å². The van der Waals surface area contributed by atoms with Crippen LogP contribution in [0.1, 0.15) is 13.3 Å². The standard InChI is InChI=1S/C9H7BrN2O2/c1-4-2-7-5(3-6(4)10)8(9(13)14)12-11-7/h2H,3H2,1H3,(H,13,14). The van der Waals surface area contributed by atoms with Crippen molar-refractivity contribution in [3.05, 3.63) is 33.1 Å². The Hall–Kier alpha value is -1.23. The summed E-state index contributed by atoms with van der Waals surface area (Å²) in [5, 5.41) is 16.3. The van der Waals surface area contributed by atoms with E-state index in [0.29, 0.717) is 17.7 Å². The second-order valence-corrected chi connectivity index (χ2v) is 4.08. The monoisotopic (exact) mass is 254 g/mol. The fourth-order valence-corrected chi connectivity index (χ4v) is 1.78. The molecule has 0 bridgehead atoms. The van der Waals surface area contributed by atoms with E-state index < -0.39 is 5.97 Å². The average molecular weight is 255 g/mol. The van der Waals surface area contributed by atoms with Gasteiger partial charge in [-0.25, -0.2) is 4.79 Å². The van der Waals surface area contributed by atoms with Gasteiger partial charge < -0.3 is 5.11 Å². The lowest BCUT2D eigenvalue weighted by molar-refractivity contribution is -0.132. The first-order chi connectivity index (χ1) is 6.59. The van der Waals surface area contributed by atoms with Crippen LogP contribution in [0.3, 0.4) is 0 Å². The van der Waals surface area contributed by atoms with Gasteiger partial charge in [-0.1, -0.05) is 15.9 Å². The lowest BCUT2D eigenvalue weighted by Gasteiger charge is -2.11. The van der Waals surface area contributed by atoms with E-state index in [1.165, 1.54) is 0 Å². The number of hydrogen-bond donors (Lipinski definition) is 1. The van der Waals surface area contributed by atoms with Crippen LogP contribution < -0.4 is 0 Å². The highest BCUT2D eigenvalue weighted by Crippen LogP contribution is 2.38. The Bertz CT molecular complexity index is 444. The van der Waals surface area contributed by atoms with Crippen molar-refractivity contribution in [1.29, 1.82) is 0 Å². The van der Waals surface area contributed by atoms with Gasteiger partial charge in [-0.3, -0.25) is 0 Å². The van der Waals surface area contributed by atoms with Crippen LogP contribution in [0.2, 0.25) is 0 Å². The molecule has 0 aromatic carbocycles. The molecule has 0 unspecified atom stereocenters. The number of carboxylic acids is 1. The zero-order chi connectivity index (χ0) is 10.3. The number of aliphatic carboxylic acids is 1. The molecule has 0 saturated heterocycles. The number of carbonyl (C=O) groups is 1. The lowest BCUT2D eigenvalue weighted by Crippen LogP contribution is -2.02. The van der Waals surface area contributed by atoms with Crippen LogP contribution in [0.15, 0.2) is 43.3 Å². The second kappa shape index (κ2) is 3.16. The van der Waals surface area contributed by atoms with E-state index >= 15 is 0 Å². The molecule has 0 aromatic rings. The largest absolute Gasteiger partial charge is 0.476 e. The van der Waals surface area contributed by atoms with Crippen molar-refractivity contribution in [2.75, 3.05) is 0 Å². The summed E-state index contributed by atoms with van der Waals surface area (Å²) in [4.78, 5) is 10.8. The lowest BCUT2D eigenvalue weighted by atomic mass is 9.99. The smallest absolute Gasteiger partial charge is 0.356 e. The molecule has 0 aromatic heterocycles. The van der Waals surface area contributed by atoms with Crippen LogP contribution in [0.4, 0.5) is 0 Å². The number of azo groups is 1. The molecule has 0 saturated carbocycles. The summed E-state index contributed by atoms with van der Waals surface area (Å²) < 4.78 is 0.988. The second-order valence-electron chi connectivity index (χ2n) is 3.13. The molecule has 5 heteroatoms. The predicted molar refractivity (Wildman–Crippen MR) is 53.8 cm³/mol. The Morgan fingerprint density at radius 1 is 1.57 bits per heavy atom. The highest BCUT2D eigenvalue weighted by Gasteiger charge is 2.26. The van der Waals surface area contributed by atoms with Gasteiger partial charge in [0.25, 0.3) is 0 Å². The molecule has 14 heavy (non-hydrogen) atoms. The zero-order valence-electron chi connectivity index (χ0n) is 7.41. The third-order valence-corrected chi connectivity index (χ3v) is 3.07. The number of hydrogen-bond acceptors (Lipinski definition) is 3. The molecular weight excluding hydrogens is 248 g/mol. The highest BCUT2D eigenvalue weighted by molar-refractivity contribution is 9.11. The molecule has 0 fully saturated rings. The van der Waals surface area contributed by atoms with Crippen LogP contribution in [-0.4, -0.2) is 11.1 Å². The zero-order valence-corrected chi connectivity index (χ0v) is 9.00. The summed E-state index contributed by atoms with van der Waals surface area (Å²) in [5.74, 6) is -1.02. The van der Waals surface area contributed by atoms with Crippen molar-refractivity contribution in [3.63, 3.8) is 0 Å². The van der Waals surface area contributed by atoms with Crippen molar-refractivity contribution in [2.24, 2.45) is 10.2 Å². The predicted octanol–water partition coefficient (Wildman–Crippen LogP) is 2.75. The Morgan fingerprint density at radius 2 is 2.29 bits per heavy atom. The number of carboxylic acid groups (broad SMARTS) is 1. The van der Waals surface area contributed by atoms with Gasteiger partial charge in [-0.2, -0.15) is 0 Å². The van der Waals surface area contributed by atoms with Gasteiger partial charge in [-0.15, -0.1) is 10.2 Å². The molecule has 1 heterocycles. The summed E-state index contributed by atoms with van der Waals surface area (Å²) in [6.45, 7) is 1.95. The van der Waals surface area contributed by atoms with Gasteiger partial charge in [0, 0.05) is 16.5 Å². The summed E-state index contributed by atoms with van der Waals surface area (Å²) in [6, 6.07) is 0. The fraction of sp³-hybridized carbons (Fsp3) is 0.222. The summed E-state index contributed by atoms with van der Waals surface area (Å²) in [7, 11) is 0. The summed E-state index contributed by atoms with van der Waals surface area (Å²) in [5.41, 5.74) is 2.48. The number of rotatable bonds is 1. The number of nitrogens with zero attached hydrogens (tertiary/aromatic N) is 2. The van der Waals surface area contributed by atoms with E-state index in [-0.39, 0.29) is 5.70 Å². The number of fused-ring (bicyclic) bond motifs is 1. The van der Waals surface area contributed by atoms with Crippen molar-refractivity contribution < 1.29 is 9.90 Å². The first kappa shape index (κ1) is 9.33. The SMILES string of the molecule is CC1=C(Br)CC2=C(C(=O)O)N=NC2=C1. The van der Waals surface area contributed by atoms with Crippen LogP contribution in [0, 0.1) is 0 Å². The van der Waals surface area contributed by atoms with Crippen molar-refractivity contribution in [1.82, 2.24) is 0 Å². The Morgan fingerprint density at radius 3 is 2.93 bits per heavy atom. The Labute approximate surface area is 88.8 Å². The molecule has 0 spiro atoms. The molecule has 72 valence electrons. The van der Waals surface area contributed by atoms with Gasteiger partial charge >= 0.3 is 5.97 Å². The Balaban J connectivity index is 2.50. The van der Waals surface area contributed by atoms with Crippen molar-refractivity contribution >= 4 is 21.9 Å². The normalized spacial score (nSPS) is 20.0. The fourth-order valence-electron chi connectivity index (χ4n) is 1.39. The maximum Gasteiger partial charge on any atom is 0.356 e. The van der Waals surface area contributed by atoms with Gasteiger partial charge in [0.1, 0.15) is 0 Å². The molecule has 0 atom stereocenters. The van der Waals surface area contributed by atoms with E-state index in [1.54, 1.807) is 0 Å².